The topological polar surface area (TPSA) is 49.0 Å². The lowest BCUT2D eigenvalue weighted by Gasteiger charge is -2.00. The third kappa shape index (κ3) is 2.76. The number of hydrogen-bond acceptors (Lipinski definition) is 3. The van der Waals surface area contributed by atoms with E-state index in [1.54, 1.807) is 18.3 Å². The number of benzene rings is 1. The first-order chi connectivity index (χ1) is 8.29. The minimum Gasteiger partial charge on any atom is -0.255 e. The van der Waals surface area contributed by atoms with Gasteiger partial charge in [0.15, 0.2) is 0 Å². The molecule has 0 spiro atoms. The van der Waals surface area contributed by atoms with E-state index in [2.05, 4.69) is 16.0 Å². The molecule has 3 heteroatoms. The fourth-order valence-corrected chi connectivity index (χ4v) is 1.47. The molecule has 82 valence electrons. The second-order valence-corrected chi connectivity index (χ2v) is 3.57. The summed E-state index contributed by atoms with van der Waals surface area (Å²) in [6.07, 6.45) is 1.74. The molecule has 0 saturated heterocycles. The Hall–Kier alpha value is -2.47. The summed E-state index contributed by atoms with van der Waals surface area (Å²) in [6, 6.07) is 15.0. The van der Waals surface area contributed by atoms with Gasteiger partial charge in [-0.1, -0.05) is 12.1 Å². The van der Waals surface area contributed by atoms with Crippen molar-refractivity contribution in [1.29, 1.82) is 5.26 Å². The maximum Gasteiger partial charge on any atom is 0.0992 e. The summed E-state index contributed by atoms with van der Waals surface area (Å²) in [6.45, 7) is 1.90. The predicted octanol–water partition coefficient (Wildman–Crippen LogP) is 3.09. The first-order valence-electron chi connectivity index (χ1n) is 5.26. The molecule has 0 atom stereocenters. The van der Waals surface area contributed by atoms with Crippen molar-refractivity contribution in [2.75, 3.05) is 0 Å². The van der Waals surface area contributed by atoms with Gasteiger partial charge in [0.1, 0.15) is 0 Å². The van der Waals surface area contributed by atoms with Gasteiger partial charge >= 0.3 is 0 Å². The molecule has 3 nitrogen and oxygen atoms in total. The van der Waals surface area contributed by atoms with Crippen molar-refractivity contribution in [1.82, 2.24) is 4.98 Å². The summed E-state index contributed by atoms with van der Waals surface area (Å²) in [5.74, 6) is 0. The van der Waals surface area contributed by atoms with Gasteiger partial charge in [-0.05, 0) is 37.3 Å². The SMILES string of the molecule is CC(=Nc1cccc(C#N)c1)c1ccccn1. The zero-order chi connectivity index (χ0) is 12.1. The van der Waals surface area contributed by atoms with Crippen molar-refractivity contribution in [2.45, 2.75) is 6.92 Å². The summed E-state index contributed by atoms with van der Waals surface area (Å²) in [4.78, 5) is 8.66. The molecule has 0 radical (unpaired) electrons. The third-order valence-electron chi connectivity index (χ3n) is 2.31. The molecule has 1 heterocycles. The molecule has 2 aromatic rings. The largest absolute Gasteiger partial charge is 0.255 e. The normalized spacial score (nSPS) is 10.9. The van der Waals surface area contributed by atoms with Crippen LogP contribution in [0.25, 0.3) is 0 Å². The van der Waals surface area contributed by atoms with Crippen molar-refractivity contribution in [3.63, 3.8) is 0 Å². The van der Waals surface area contributed by atoms with Crippen LogP contribution in [0.2, 0.25) is 0 Å². The fourth-order valence-electron chi connectivity index (χ4n) is 1.47. The van der Waals surface area contributed by atoms with Gasteiger partial charge in [-0.3, -0.25) is 9.98 Å². The van der Waals surface area contributed by atoms with Gasteiger partial charge in [0.05, 0.1) is 28.7 Å². The number of hydrogen-bond donors (Lipinski definition) is 0. The Morgan fingerprint density at radius 3 is 2.82 bits per heavy atom. The van der Waals surface area contributed by atoms with E-state index in [1.165, 1.54) is 0 Å². The van der Waals surface area contributed by atoms with Crippen molar-refractivity contribution in [3.8, 4) is 6.07 Å². The van der Waals surface area contributed by atoms with Gasteiger partial charge in [-0.2, -0.15) is 5.26 Å². The minimum atomic E-state index is 0.611. The van der Waals surface area contributed by atoms with Crippen LogP contribution in [0, 0.1) is 11.3 Å². The van der Waals surface area contributed by atoms with Crippen LogP contribution in [-0.2, 0) is 0 Å². The Morgan fingerprint density at radius 2 is 2.12 bits per heavy atom. The third-order valence-corrected chi connectivity index (χ3v) is 2.31. The highest BCUT2D eigenvalue weighted by Crippen LogP contribution is 2.15. The zero-order valence-corrected chi connectivity index (χ0v) is 9.46. The summed E-state index contributed by atoms with van der Waals surface area (Å²) >= 11 is 0. The van der Waals surface area contributed by atoms with E-state index >= 15 is 0 Å². The van der Waals surface area contributed by atoms with Crippen LogP contribution < -0.4 is 0 Å². The molecular weight excluding hydrogens is 210 g/mol. The van der Waals surface area contributed by atoms with Crippen molar-refractivity contribution < 1.29 is 0 Å². The Bertz CT molecular complexity index is 580. The highest BCUT2D eigenvalue weighted by atomic mass is 14.8. The first kappa shape index (κ1) is 11.0. The van der Waals surface area contributed by atoms with E-state index in [1.807, 2.05) is 37.3 Å². The first-order valence-corrected chi connectivity index (χ1v) is 5.26. The maximum atomic E-state index is 8.80. The van der Waals surface area contributed by atoms with Gasteiger partial charge < -0.3 is 0 Å². The number of rotatable bonds is 2. The minimum absolute atomic E-state index is 0.611. The molecule has 0 unspecified atom stereocenters. The lowest BCUT2D eigenvalue weighted by Crippen LogP contribution is -1.96. The number of pyridine rings is 1. The molecule has 1 aromatic heterocycles. The number of nitrogens with zero attached hydrogens (tertiary/aromatic N) is 3. The summed E-state index contributed by atoms with van der Waals surface area (Å²) in [7, 11) is 0. The molecule has 1 aromatic carbocycles. The second-order valence-electron chi connectivity index (χ2n) is 3.57. The van der Waals surface area contributed by atoms with E-state index in [0.717, 1.165) is 17.1 Å². The lowest BCUT2D eigenvalue weighted by atomic mass is 10.2. The molecule has 0 aliphatic carbocycles. The molecule has 2 rings (SSSR count). The average molecular weight is 221 g/mol. The molecule has 0 aliphatic rings. The molecule has 0 bridgehead atoms. The van der Waals surface area contributed by atoms with Crippen molar-refractivity contribution in [2.24, 2.45) is 4.99 Å². The van der Waals surface area contributed by atoms with Gasteiger partial charge in [0.25, 0.3) is 0 Å². The molecule has 17 heavy (non-hydrogen) atoms. The van der Waals surface area contributed by atoms with E-state index in [9.17, 15) is 0 Å². The monoisotopic (exact) mass is 221 g/mol. The van der Waals surface area contributed by atoms with Crippen LogP contribution in [0.3, 0.4) is 0 Å². The van der Waals surface area contributed by atoms with Gasteiger partial charge in [-0.25, -0.2) is 0 Å². The standard InChI is InChI=1S/C14H11N3/c1-11(14-7-2-3-8-16-14)17-13-6-4-5-12(9-13)10-15/h2-9H,1H3. The van der Waals surface area contributed by atoms with Crippen LogP contribution in [0.1, 0.15) is 18.2 Å². The Morgan fingerprint density at radius 1 is 1.24 bits per heavy atom. The number of nitriles is 1. The van der Waals surface area contributed by atoms with E-state index in [0.29, 0.717) is 5.56 Å². The maximum absolute atomic E-state index is 8.80. The van der Waals surface area contributed by atoms with Crippen LogP contribution in [0.5, 0.6) is 0 Å². The molecule has 0 saturated carbocycles. The van der Waals surface area contributed by atoms with Gasteiger partial charge in [0, 0.05) is 6.20 Å². The van der Waals surface area contributed by atoms with Crippen molar-refractivity contribution >= 4 is 11.4 Å². The van der Waals surface area contributed by atoms with E-state index in [4.69, 9.17) is 5.26 Å². The highest BCUT2D eigenvalue weighted by molar-refractivity contribution is 5.98. The molecular formula is C14H11N3. The van der Waals surface area contributed by atoms with Crippen molar-refractivity contribution in [3.05, 3.63) is 59.9 Å². The highest BCUT2D eigenvalue weighted by Gasteiger charge is 1.98. The van der Waals surface area contributed by atoms with Crippen LogP contribution in [0.15, 0.2) is 53.7 Å². The molecule has 0 amide bonds. The fraction of sp³-hybridized carbons (Fsp3) is 0.0714. The summed E-state index contributed by atoms with van der Waals surface area (Å²) in [5, 5.41) is 8.80. The average Bonchev–Trinajstić information content (AvgIpc) is 2.40. The van der Waals surface area contributed by atoms with Gasteiger partial charge in [0.2, 0.25) is 0 Å². The predicted molar refractivity (Wildman–Crippen MR) is 67.3 cm³/mol. The smallest absolute Gasteiger partial charge is 0.0992 e. The molecule has 0 aliphatic heterocycles. The summed E-state index contributed by atoms with van der Waals surface area (Å²) in [5.41, 5.74) is 3.06. The Labute approximate surface area is 100 Å². The zero-order valence-electron chi connectivity index (χ0n) is 9.46. The summed E-state index contributed by atoms with van der Waals surface area (Å²) < 4.78 is 0. The second kappa shape index (κ2) is 5.04. The number of aliphatic imine (C=N–C) groups is 1. The Balaban J connectivity index is 2.33. The Kier molecular flexibility index (Phi) is 3.27. The van der Waals surface area contributed by atoms with Gasteiger partial charge in [-0.15, -0.1) is 0 Å². The molecule has 0 N–H and O–H groups in total. The number of aromatic nitrogens is 1. The van der Waals surface area contributed by atoms with Crippen LogP contribution in [0.4, 0.5) is 5.69 Å². The van der Waals surface area contributed by atoms with Crippen LogP contribution >= 0.6 is 0 Å². The molecule has 0 fully saturated rings. The lowest BCUT2D eigenvalue weighted by molar-refractivity contribution is 1.28. The quantitative estimate of drug-likeness (QED) is 0.731. The van der Waals surface area contributed by atoms with E-state index in [-0.39, 0.29) is 0 Å². The van der Waals surface area contributed by atoms with Crippen LogP contribution in [-0.4, -0.2) is 10.7 Å². The van der Waals surface area contributed by atoms with E-state index < -0.39 is 0 Å².